The Hall–Kier alpha value is -0.470. The number of halogens is 2. The number of aromatic nitrogens is 2. The Bertz CT molecular complexity index is 289. The second-order valence-electron chi connectivity index (χ2n) is 2.26. The summed E-state index contributed by atoms with van der Waals surface area (Å²) in [4.78, 5) is 0. The highest BCUT2D eigenvalue weighted by atomic mass is 35.5. The topological polar surface area (TPSA) is 17.8 Å². The summed E-state index contributed by atoms with van der Waals surface area (Å²) in [5, 5.41) is 4.64. The van der Waals surface area contributed by atoms with E-state index in [1.807, 2.05) is 20.2 Å². The Morgan fingerprint density at radius 1 is 1.73 bits per heavy atom. The summed E-state index contributed by atoms with van der Waals surface area (Å²) in [6, 6.07) is 0. The molecule has 0 aliphatic carbocycles. The highest BCUT2D eigenvalue weighted by Crippen LogP contribution is 2.21. The van der Waals surface area contributed by atoms with Gasteiger partial charge in [0.05, 0.1) is 10.7 Å². The molecule has 1 aromatic rings. The highest BCUT2D eigenvalue weighted by Gasteiger charge is 2.04. The van der Waals surface area contributed by atoms with Crippen LogP contribution in [0.2, 0.25) is 0 Å². The molecule has 0 aromatic carbocycles. The van der Waals surface area contributed by atoms with Crippen LogP contribution in [0.25, 0.3) is 5.03 Å². The monoisotopic (exact) mass is 190 g/mol. The fourth-order valence-electron chi connectivity index (χ4n) is 0.893. The predicted molar refractivity (Wildman–Crippen MR) is 47.6 cm³/mol. The molecular formula is C7H8Cl2N2. The van der Waals surface area contributed by atoms with Crippen LogP contribution in [0.3, 0.4) is 0 Å². The van der Waals surface area contributed by atoms with Gasteiger partial charge >= 0.3 is 0 Å². The summed E-state index contributed by atoms with van der Waals surface area (Å²) in [5.41, 5.74) is 3.10. The first-order valence-corrected chi connectivity index (χ1v) is 3.93. The second kappa shape index (κ2) is 3.28. The molecule has 0 saturated carbocycles. The van der Waals surface area contributed by atoms with Crippen LogP contribution in [0.4, 0.5) is 0 Å². The number of nitrogens with zero attached hydrogens (tertiary/aromatic N) is 2. The van der Waals surface area contributed by atoms with E-state index in [0.29, 0.717) is 5.03 Å². The number of rotatable bonds is 1. The van der Waals surface area contributed by atoms with Crippen LogP contribution in [0.5, 0.6) is 0 Å². The van der Waals surface area contributed by atoms with Crippen molar-refractivity contribution in [2.45, 2.75) is 6.92 Å². The lowest BCUT2D eigenvalue weighted by atomic mass is 10.3. The minimum absolute atomic E-state index is 0.525. The van der Waals surface area contributed by atoms with Crippen LogP contribution in [0.1, 0.15) is 11.3 Å². The summed E-state index contributed by atoms with van der Waals surface area (Å²) in [7, 11) is 1.84. The van der Waals surface area contributed by atoms with Crippen molar-refractivity contribution in [3.05, 3.63) is 23.0 Å². The fourth-order valence-corrected chi connectivity index (χ4v) is 1.20. The largest absolute Gasteiger partial charge is 0.275 e. The molecule has 0 N–H and O–H groups in total. The molecule has 0 amide bonds. The minimum atomic E-state index is 0.525. The van der Waals surface area contributed by atoms with E-state index in [9.17, 15) is 0 Å². The molecule has 0 aliphatic heterocycles. The van der Waals surface area contributed by atoms with Crippen molar-refractivity contribution < 1.29 is 0 Å². The van der Waals surface area contributed by atoms with Crippen molar-refractivity contribution in [1.82, 2.24) is 9.78 Å². The Kier molecular flexibility index (Phi) is 2.58. The second-order valence-corrected chi connectivity index (χ2v) is 2.88. The van der Waals surface area contributed by atoms with Gasteiger partial charge in [-0.2, -0.15) is 5.10 Å². The van der Waals surface area contributed by atoms with Gasteiger partial charge in [-0.15, -0.1) is 0 Å². The van der Waals surface area contributed by atoms with Crippen molar-refractivity contribution in [2.24, 2.45) is 7.05 Å². The zero-order valence-corrected chi connectivity index (χ0v) is 7.82. The van der Waals surface area contributed by atoms with Crippen LogP contribution in [-0.2, 0) is 7.05 Å². The Labute approximate surface area is 75.4 Å². The van der Waals surface area contributed by atoms with Crippen molar-refractivity contribution in [1.29, 1.82) is 0 Å². The van der Waals surface area contributed by atoms with E-state index in [4.69, 9.17) is 23.2 Å². The average Bonchev–Trinajstić information content (AvgIpc) is 2.28. The Morgan fingerprint density at radius 3 is 2.73 bits per heavy atom. The normalized spacial score (nSPS) is 12.2. The third-order valence-electron chi connectivity index (χ3n) is 1.37. The molecule has 0 unspecified atom stereocenters. The molecule has 1 rings (SSSR count). The minimum Gasteiger partial charge on any atom is -0.275 e. The molecular weight excluding hydrogens is 183 g/mol. The lowest BCUT2D eigenvalue weighted by Crippen LogP contribution is -1.86. The summed E-state index contributed by atoms with van der Waals surface area (Å²) in [6.07, 6.45) is 1.83. The van der Waals surface area contributed by atoms with Crippen LogP contribution >= 0.6 is 23.2 Å². The maximum atomic E-state index is 5.79. The molecule has 4 heteroatoms. The summed E-state index contributed by atoms with van der Waals surface area (Å²) < 4.78 is 1.70. The van der Waals surface area contributed by atoms with E-state index in [-0.39, 0.29) is 0 Å². The quantitative estimate of drug-likeness (QED) is 0.666. The van der Waals surface area contributed by atoms with Gasteiger partial charge in [0, 0.05) is 24.3 Å². The summed E-state index contributed by atoms with van der Waals surface area (Å²) in [5.74, 6) is 0. The molecule has 1 aromatic heterocycles. The smallest absolute Gasteiger partial charge is 0.0681 e. The lowest BCUT2D eigenvalue weighted by Gasteiger charge is -1.90. The zero-order valence-electron chi connectivity index (χ0n) is 6.31. The third kappa shape index (κ3) is 1.76. The van der Waals surface area contributed by atoms with Gasteiger partial charge in [-0.05, 0) is 6.92 Å². The van der Waals surface area contributed by atoms with E-state index in [0.717, 1.165) is 11.3 Å². The van der Waals surface area contributed by atoms with Crippen molar-refractivity contribution in [3.8, 4) is 0 Å². The van der Waals surface area contributed by atoms with Gasteiger partial charge in [0.2, 0.25) is 0 Å². The molecule has 0 radical (unpaired) electrons. The molecule has 2 nitrogen and oxygen atoms in total. The van der Waals surface area contributed by atoms with E-state index >= 15 is 0 Å². The highest BCUT2D eigenvalue weighted by molar-refractivity contribution is 6.53. The SMILES string of the molecule is Cc1nn(C)cc1/C(Cl)=C/Cl. The van der Waals surface area contributed by atoms with Crippen molar-refractivity contribution in [3.63, 3.8) is 0 Å². The molecule has 60 valence electrons. The van der Waals surface area contributed by atoms with Crippen LogP contribution in [0.15, 0.2) is 11.7 Å². The third-order valence-corrected chi connectivity index (χ3v) is 2.01. The number of hydrogen-bond acceptors (Lipinski definition) is 1. The summed E-state index contributed by atoms with van der Waals surface area (Å²) >= 11 is 11.2. The number of hydrogen-bond donors (Lipinski definition) is 0. The van der Waals surface area contributed by atoms with Crippen molar-refractivity contribution >= 4 is 28.2 Å². The van der Waals surface area contributed by atoms with E-state index in [2.05, 4.69) is 5.10 Å². The van der Waals surface area contributed by atoms with E-state index in [1.54, 1.807) is 4.68 Å². The van der Waals surface area contributed by atoms with Crippen LogP contribution in [0, 0.1) is 6.92 Å². The average molecular weight is 191 g/mol. The Balaban J connectivity index is 3.13. The van der Waals surface area contributed by atoms with E-state index < -0.39 is 0 Å². The van der Waals surface area contributed by atoms with Gasteiger partial charge < -0.3 is 0 Å². The molecule has 0 fully saturated rings. The maximum absolute atomic E-state index is 5.79. The molecule has 1 heterocycles. The summed E-state index contributed by atoms with van der Waals surface area (Å²) in [6.45, 7) is 1.89. The van der Waals surface area contributed by atoms with Crippen molar-refractivity contribution in [2.75, 3.05) is 0 Å². The van der Waals surface area contributed by atoms with Crippen LogP contribution < -0.4 is 0 Å². The van der Waals surface area contributed by atoms with Gasteiger partial charge in [-0.25, -0.2) is 0 Å². The standard InChI is InChI=1S/C7H8Cl2N2/c1-5-6(7(9)3-8)4-11(2)10-5/h3-4H,1-2H3/b7-3-. The molecule has 0 spiro atoms. The zero-order chi connectivity index (χ0) is 8.43. The van der Waals surface area contributed by atoms with Gasteiger partial charge in [0.25, 0.3) is 0 Å². The lowest BCUT2D eigenvalue weighted by molar-refractivity contribution is 0.756. The van der Waals surface area contributed by atoms with Gasteiger partial charge in [0.1, 0.15) is 0 Å². The van der Waals surface area contributed by atoms with Gasteiger partial charge in [-0.1, -0.05) is 23.2 Å². The Morgan fingerprint density at radius 2 is 2.36 bits per heavy atom. The molecule has 0 atom stereocenters. The first-order valence-electron chi connectivity index (χ1n) is 3.11. The first-order chi connectivity index (χ1) is 5.15. The van der Waals surface area contributed by atoms with Gasteiger partial charge in [0.15, 0.2) is 0 Å². The fraction of sp³-hybridized carbons (Fsp3) is 0.286. The van der Waals surface area contributed by atoms with Crippen LogP contribution in [-0.4, -0.2) is 9.78 Å². The van der Waals surface area contributed by atoms with E-state index in [1.165, 1.54) is 5.54 Å². The molecule has 0 aliphatic rings. The van der Waals surface area contributed by atoms with Gasteiger partial charge in [-0.3, -0.25) is 4.68 Å². The maximum Gasteiger partial charge on any atom is 0.0681 e. The first kappa shape index (κ1) is 8.62. The number of aryl methyl sites for hydroxylation is 2. The predicted octanol–water partition coefficient (Wildman–Crippen LogP) is 2.50. The molecule has 0 bridgehead atoms. The molecule has 0 saturated heterocycles. The molecule has 11 heavy (non-hydrogen) atoms.